The van der Waals surface area contributed by atoms with Gasteiger partial charge in [0.2, 0.25) is 11.9 Å². The summed E-state index contributed by atoms with van der Waals surface area (Å²) in [5.74, 6) is 2.20. The van der Waals surface area contributed by atoms with Crippen LogP contribution in [-0.2, 0) is 0 Å². The molecule has 0 spiro atoms. The lowest BCUT2D eigenvalue weighted by atomic mass is 9.78. The summed E-state index contributed by atoms with van der Waals surface area (Å²) in [4.78, 5) is 19.8. The molecule has 2 aliphatic heterocycles. The van der Waals surface area contributed by atoms with E-state index in [0.717, 1.165) is 50.5 Å². The third-order valence-electron chi connectivity index (χ3n) is 8.19. The summed E-state index contributed by atoms with van der Waals surface area (Å²) in [7, 11) is 2.28. The Morgan fingerprint density at radius 3 is 1.52 bits per heavy atom. The molecule has 0 unspecified atom stereocenters. The number of nitrogens with zero attached hydrogens (tertiary/aromatic N) is 5. The third kappa shape index (κ3) is 13.1. The second kappa shape index (κ2) is 14.9. The van der Waals surface area contributed by atoms with Crippen LogP contribution in [0.15, 0.2) is 0 Å². The molecule has 1 aromatic rings. The molecule has 8 heteroatoms. The molecule has 2 aliphatic rings. The van der Waals surface area contributed by atoms with Crippen LogP contribution in [0.1, 0.15) is 158 Å². The van der Waals surface area contributed by atoms with Gasteiger partial charge in [-0.1, -0.05) is 50.5 Å². The van der Waals surface area contributed by atoms with Crippen LogP contribution in [0.25, 0.3) is 0 Å². The monoisotopic (exact) mass is 623 g/mol. The lowest BCUT2D eigenvalue weighted by molar-refractivity contribution is 0.0757. The summed E-state index contributed by atoms with van der Waals surface area (Å²) < 4.78 is 0. The number of aromatic nitrogens is 3. The van der Waals surface area contributed by atoms with E-state index in [1.54, 1.807) is 0 Å². The molecule has 2 saturated heterocycles. The number of hydrogen-bond acceptors (Lipinski definition) is 8. The Hall–Kier alpha value is -1.51. The maximum absolute atomic E-state index is 5.11. The number of nitrogens with one attached hydrogen (secondary N) is 3. The Balaban J connectivity index is 0. The van der Waals surface area contributed by atoms with Crippen LogP contribution in [0.5, 0.6) is 0 Å². The molecule has 8 nitrogen and oxygen atoms in total. The molecule has 3 rings (SSSR count). The summed E-state index contributed by atoms with van der Waals surface area (Å²) in [5, 5.41) is 11.4. The van der Waals surface area contributed by atoms with Gasteiger partial charge in [0.25, 0.3) is 0 Å². The van der Waals surface area contributed by atoms with Crippen LogP contribution in [-0.4, -0.2) is 73.3 Å². The summed E-state index contributed by atoms with van der Waals surface area (Å²) >= 11 is 0. The normalized spacial score (nSPS) is 21.2. The fourth-order valence-electron chi connectivity index (χ4n) is 8.09. The molecule has 2 fully saturated rings. The number of anilines is 2. The number of rotatable bonds is 8. The van der Waals surface area contributed by atoms with E-state index in [1.165, 1.54) is 0 Å². The highest BCUT2D eigenvalue weighted by molar-refractivity contribution is 5.40. The van der Waals surface area contributed by atoms with Crippen molar-refractivity contribution in [1.82, 2.24) is 30.5 Å². The topological polar surface area (TPSA) is 81.2 Å². The molecule has 0 radical (unpaired) electrons. The highest BCUT2D eigenvalue weighted by Gasteiger charge is 2.43. The SMILES string of the molecule is C.C.C.C.Cc1nc(NC(C)(C)CC(C)(C)C)nc(N(CN(C)C2CC(C)(C)NC(C)(C)C2)C2CC(C)(C)NC(C)(C)C2)n1. The Morgan fingerprint density at radius 1 is 0.705 bits per heavy atom. The highest BCUT2D eigenvalue weighted by atomic mass is 15.4. The molecular weight excluding hydrogens is 544 g/mol. The Bertz CT molecular complexity index is 989. The average molecular weight is 623 g/mol. The van der Waals surface area contributed by atoms with Gasteiger partial charge in [-0.15, -0.1) is 0 Å². The van der Waals surface area contributed by atoms with Gasteiger partial charge in [0, 0.05) is 39.8 Å². The summed E-state index contributed by atoms with van der Waals surface area (Å²) in [6.45, 7) is 32.7. The van der Waals surface area contributed by atoms with Gasteiger partial charge >= 0.3 is 0 Å². The van der Waals surface area contributed by atoms with E-state index in [1.807, 2.05) is 6.92 Å². The van der Waals surface area contributed by atoms with Crippen LogP contribution >= 0.6 is 0 Å². The predicted octanol–water partition coefficient (Wildman–Crippen LogP) is 8.67. The summed E-state index contributed by atoms with van der Waals surface area (Å²) in [6.07, 6.45) is 5.26. The van der Waals surface area contributed by atoms with Crippen molar-refractivity contribution < 1.29 is 0 Å². The van der Waals surface area contributed by atoms with Crippen molar-refractivity contribution in [2.45, 2.75) is 199 Å². The molecule has 3 N–H and O–H groups in total. The Labute approximate surface area is 275 Å². The fraction of sp³-hybridized carbons (Fsp3) is 0.917. The van der Waals surface area contributed by atoms with E-state index >= 15 is 0 Å². The van der Waals surface area contributed by atoms with Gasteiger partial charge < -0.3 is 20.9 Å². The highest BCUT2D eigenvalue weighted by Crippen LogP contribution is 2.36. The van der Waals surface area contributed by atoms with Gasteiger partial charge in [-0.3, -0.25) is 4.90 Å². The zero-order valence-electron chi connectivity index (χ0n) is 28.6. The first-order valence-electron chi connectivity index (χ1n) is 15.4. The van der Waals surface area contributed by atoms with Gasteiger partial charge in [0.1, 0.15) is 5.82 Å². The quantitative estimate of drug-likeness (QED) is 0.249. The van der Waals surface area contributed by atoms with E-state index in [-0.39, 0.29) is 62.8 Å². The van der Waals surface area contributed by atoms with E-state index in [2.05, 4.69) is 123 Å². The maximum atomic E-state index is 5.11. The Kier molecular flexibility index (Phi) is 15.1. The van der Waals surface area contributed by atoms with Crippen LogP contribution in [0.3, 0.4) is 0 Å². The number of piperidine rings is 2. The predicted molar refractivity (Wildman–Crippen MR) is 197 cm³/mol. The van der Waals surface area contributed by atoms with Crippen molar-refractivity contribution in [2.75, 3.05) is 23.9 Å². The minimum atomic E-state index is -0.143. The van der Waals surface area contributed by atoms with E-state index in [4.69, 9.17) is 15.0 Å². The maximum Gasteiger partial charge on any atom is 0.231 e. The van der Waals surface area contributed by atoms with E-state index < -0.39 is 0 Å². The Morgan fingerprint density at radius 2 is 1.11 bits per heavy atom. The molecule has 0 aliphatic carbocycles. The van der Waals surface area contributed by atoms with Crippen molar-refractivity contribution in [2.24, 2.45) is 5.41 Å². The molecule has 3 heterocycles. The lowest BCUT2D eigenvalue weighted by Gasteiger charge is -2.52. The van der Waals surface area contributed by atoms with Gasteiger partial charge in [-0.2, -0.15) is 15.0 Å². The molecule has 0 atom stereocenters. The number of hydrogen-bond donors (Lipinski definition) is 3. The first-order chi connectivity index (χ1) is 17.9. The van der Waals surface area contributed by atoms with Crippen molar-refractivity contribution in [1.29, 1.82) is 0 Å². The van der Waals surface area contributed by atoms with Gasteiger partial charge in [0.05, 0.1) is 6.67 Å². The minimum absolute atomic E-state index is 0. The van der Waals surface area contributed by atoms with Crippen LogP contribution in [0.2, 0.25) is 0 Å². The van der Waals surface area contributed by atoms with Crippen LogP contribution in [0, 0.1) is 12.3 Å². The van der Waals surface area contributed by atoms with Crippen molar-refractivity contribution in [3.8, 4) is 0 Å². The minimum Gasteiger partial charge on any atom is -0.349 e. The molecule has 0 bridgehead atoms. The summed E-state index contributed by atoms with van der Waals surface area (Å²) in [6, 6.07) is 0.761. The van der Waals surface area contributed by atoms with Gasteiger partial charge in [-0.25, -0.2) is 0 Å². The molecule has 262 valence electrons. The first kappa shape index (κ1) is 44.6. The second-order valence-corrected chi connectivity index (χ2v) is 17.5. The molecule has 0 amide bonds. The molecule has 0 aromatic carbocycles. The standard InChI is InChI=1S/C32H62N8.4CH4/c1-22-33-25(36-32(13,14)20-27(2,3)4)35-26(34-22)40(24-18-30(9,10)38-31(11,12)19-24)21-39(15)23-16-28(5,6)37-29(7,8)17-23;;;;/h23-24,37-38H,16-21H2,1-15H3,(H,33,34,35,36);4*1H4. The van der Waals surface area contributed by atoms with Crippen molar-refractivity contribution in [3.05, 3.63) is 5.82 Å². The second-order valence-electron chi connectivity index (χ2n) is 17.5. The molecular formula is C36H78N8. The third-order valence-corrected chi connectivity index (χ3v) is 8.19. The van der Waals surface area contributed by atoms with Crippen LogP contribution in [0.4, 0.5) is 11.9 Å². The summed E-state index contributed by atoms with van der Waals surface area (Å²) in [5.41, 5.74) is 0.252. The van der Waals surface area contributed by atoms with Gasteiger partial charge in [0.15, 0.2) is 0 Å². The van der Waals surface area contributed by atoms with Crippen molar-refractivity contribution >= 4 is 11.9 Å². The van der Waals surface area contributed by atoms with E-state index in [9.17, 15) is 0 Å². The zero-order chi connectivity index (χ0) is 30.5. The fourth-order valence-corrected chi connectivity index (χ4v) is 8.09. The van der Waals surface area contributed by atoms with E-state index in [0.29, 0.717) is 18.0 Å². The molecule has 44 heavy (non-hydrogen) atoms. The first-order valence-corrected chi connectivity index (χ1v) is 15.4. The molecule has 0 saturated carbocycles. The number of aryl methyl sites for hydroxylation is 1. The zero-order valence-corrected chi connectivity index (χ0v) is 28.6. The smallest absolute Gasteiger partial charge is 0.231 e. The molecule has 1 aromatic heterocycles. The van der Waals surface area contributed by atoms with Gasteiger partial charge in [-0.05, 0) is 121 Å². The van der Waals surface area contributed by atoms with Crippen molar-refractivity contribution in [3.63, 3.8) is 0 Å². The largest absolute Gasteiger partial charge is 0.349 e. The average Bonchev–Trinajstić information content (AvgIpc) is 2.64. The lowest BCUT2D eigenvalue weighted by Crippen LogP contribution is -2.65. The van der Waals surface area contributed by atoms with Crippen LogP contribution < -0.4 is 20.9 Å².